The Labute approximate surface area is 424 Å². The van der Waals surface area contributed by atoms with Crippen molar-refractivity contribution >= 4 is 25.5 Å². The number of unbranched alkanes of at least 4 members (excludes halogenated alkanes) is 20. The maximum atomic E-state index is 12.6. The Morgan fingerprint density at radius 2 is 1.04 bits per heavy atom. The zero-order valence-electron chi connectivity index (χ0n) is 47.0. The van der Waals surface area contributed by atoms with Crippen LogP contribution in [0.2, 0.25) is 0 Å². The number of nitrogens with one attached hydrogen (secondary N) is 1. The number of aliphatic hydroxyl groups is 1. The van der Waals surface area contributed by atoms with Gasteiger partial charge in [-0.05, 0) is 54.4 Å². The lowest BCUT2D eigenvalue weighted by atomic mass is 9.87. The molecule has 14 nitrogen and oxygen atoms in total. The summed E-state index contributed by atoms with van der Waals surface area (Å²) in [6.45, 7) is 26.7. The van der Waals surface area contributed by atoms with Crippen molar-refractivity contribution in [1.82, 2.24) is 5.32 Å². The van der Waals surface area contributed by atoms with Gasteiger partial charge in [-0.1, -0.05) is 169 Å². The van der Waals surface area contributed by atoms with Gasteiger partial charge in [0.2, 0.25) is 0 Å². The van der Waals surface area contributed by atoms with Crippen molar-refractivity contribution in [1.29, 1.82) is 0 Å². The highest BCUT2D eigenvalue weighted by Crippen LogP contribution is 2.26. The number of nitrogens with two attached hydrogens (primary N) is 1. The van der Waals surface area contributed by atoms with E-state index in [4.69, 9.17) is 54.0 Å². The molecule has 0 saturated heterocycles. The van der Waals surface area contributed by atoms with E-state index in [1.807, 2.05) is 62.2 Å². The SMILES string of the molecule is C=O.CCCCCCCCCCCCCC(C)(C)C(=O)OCC(CNCCOCCOCCO)OC.CCCCCCCCCCCCCC(C)(C)C=O.COC(C)(C)COC(C)(C)CN.O=CO. The third-order valence-corrected chi connectivity index (χ3v) is 11.7. The van der Waals surface area contributed by atoms with Crippen molar-refractivity contribution in [3.8, 4) is 0 Å². The van der Waals surface area contributed by atoms with Gasteiger partial charge in [-0.3, -0.25) is 9.59 Å². The highest BCUT2D eigenvalue weighted by molar-refractivity contribution is 5.75. The molecule has 0 aromatic rings. The summed E-state index contributed by atoms with van der Waals surface area (Å²) in [7, 11) is 3.31. The molecule has 1 atom stereocenters. The van der Waals surface area contributed by atoms with Gasteiger partial charge in [0, 0.05) is 39.3 Å². The van der Waals surface area contributed by atoms with Gasteiger partial charge in [0.1, 0.15) is 25.8 Å². The van der Waals surface area contributed by atoms with Crippen LogP contribution in [0.25, 0.3) is 0 Å². The molecule has 1 unspecified atom stereocenters. The third kappa shape index (κ3) is 62.0. The Bertz CT molecular complexity index is 1050. The number of hydrogen-bond donors (Lipinski definition) is 4. The molecule has 0 aliphatic carbocycles. The monoisotopic (exact) mass is 995 g/mol. The number of methoxy groups -OCH3 is 2. The molecule has 0 saturated carbocycles. The fourth-order valence-corrected chi connectivity index (χ4v) is 6.49. The first-order valence-corrected chi connectivity index (χ1v) is 26.7. The van der Waals surface area contributed by atoms with Gasteiger partial charge in [-0.15, -0.1) is 0 Å². The van der Waals surface area contributed by atoms with E-state index in [-0.39, 0.29) is 48.4 Å². The van der Waals surface area contributed by atoms with Gasteiger partial charge in [0.05, 0.1) is 56.3 Å². The molecule has 0 radical (unpaired) electrons. The Balaban J connectivity index is -0.000000323. The molecule has 69 heavy (non-hydrogen) atoms. The number of ether oxygens (including phenoxy) is 6. The fourth-order valence-electron chi connectivity index (χ4n) is 6.49. The molecule has 5 N–H and O–H groups in total. The van der Waals surface area contributed by atoms with Crippen LogP contribution in [0.4, 0.5) is 0 Å². The van der Waals surface area contributed by atoms with Crippen molar-refractivity contribution in [3.63, 3.8) is 0 Å². The van der Waals surface area contributed by atoms with E-state index < -0.39 is 5.41 Å². The zero-order valence-corrected chi connectivity index (χ0v) is 47.0. The minimum atomic E-state index is -0.461. The predicted octanol–water partition coefficient (Wildman–Crippen LogP) is 11.5. The van der Waals surface area contributed by atoms with E-state index in [9.17, 15) is 9.59 Å². The van der Waals surface area contributed by atoms with Crippen molar-refractivity contribution in [2.24, 2.45) is 16.6 Å². The Hall–Kier alpha value is -2.04. The second-order valence-corrected chi connectivity index (χ2v) is 20.5. The molecule has 416 valence electrons. The van der Waals surface area contributed by atoms with Crippen LogP contribution in [0, 0.1) is 10.8 Å². The summed E-state index contributed by atoms with van der Waals surface area (Å²) in [6, 6.07) is 0. The van der Waals surface area contributed by atoms with Gasteiger partial charge in [0.15, 0.2) is 0 Å². The smallest absolute Gasteiger partial charge is 0.311 e. The minimum absolute atomic E-state index is 0.0288. The second kappa shape index (κ2) is 55.3. The summed E-state index contributed by atoms with van der Waals surface area (Å²) in [4.78, 5) is 39.7. The highest BCUT2D eigenvalue weighted by atomic mass is 16.6. The van der Waals surface area contributed by atoms with Gasteiger partial charge < -0.3 is 59.3 Å². The number of aliphatic hydroxyl groups excluding tert-OH is 1. The van der Waals surface area contributed by atoms with Crippen molar-refractivity contribution in [3.05, 3.63) is 0 Å². The molecule has 0 aliphatic heterocycles. The summed E-state index contributed by atoms with van der Waals surface area (Å²) in [5, 5.41) is 18.8. The summed E-state index contributed by atoms with van der Waals surface area (Å²) in [6.07, 6.45) is 32.3. The fraction of sp³-hybridized carbons (Fsp3) is 0.927. The van der Waals surface area contributed by atoms with Crippen LogP contribution in [0.5, 0.6) is 0 Å². The average Bonchev–Trinajstić information content (AvgIpc) is 3.33. The van der Waals surface area contributed by atoms with Crippen LogP contribution in [-0.2, 0) is 47.6 Å². The van der Waals surface area contributed by atoms with E-state index in [2.05, 4.69) is 19.2 Å². The van der Waals surface area contributed by atoms with E-state index in [1.165, 1.54) is 135 Å². The Kier molecular flexibility index (Phi) is 60.8. The van der Waals surface area contributed by atoms with Crippen molar-refractivity contribution in [2.75, 3.05) is 80.1 Å². The van der Waals surface area contributed by atoms with Crippen LogP contribution in [0.1, 0.15) is 223 Å². The molecule has 0 aromatic heterocycles. The topological polar surface area (TPSA) is 202 Å². The average molecular weight is 996 g/mol. The maximum absolute atomic E-state index is 12.6. The standard InChI is InChI=1S/C27H55NO6.C17H34O.C9H21NO2.CH2O2.CH2O/c1-5-6-7-8-9-10-11-12-13-14-15-16-27(2,3)26(30)34-24-25(31-4)23-28-17-19-32-21-22-33-20-18-29;1-4-5-6-7-8-9-10-11-12-13-14-15-17(2,3)16-18;1-8(2,6-10)12-7-9(3,4)11-5;2-1-3;1-2/h25,28-29H,5-24H2,1-4H3;16H,4-15H2,1-3H3;6-7,10H2,1-5H3;1H,(H,2,3);1H2. The predicted molar refractivity (Wildman–Crippen MR) is 285 cm³/mol. The summed E-state index contributed by atoms with van der Waals surface area (Å²) in [5.74, 6) is -0.146. The number of esters is 1. The Morgan fingerprint density at radius 3 is 1.42 bits per heavy atom. The van der Waals surface area contributed by atoms with Crippen molar-refractivity contribution < 1.29 is 57.8 Å². The van der Waals surface area contributed by atoms with Crippen LogP contribution >= 0.6 is 0 Å². The first-order chi connectivity index (χ1) is 32.8. The normalized spacial score (nSPS) is 11.9. The van der Waals surface area contributed by atoms with Crippen LogP contribution < -0.4 is 11.1 Å². The molecule has 0 heterocycles. The molecular formula is C55H114N2O12. The van der Waals surface area contributed by atoms with E-state index in [0.29, 0.717) is 52.7 Å². The molecule has 0 rings (SSSR count). The van der Waals surface area contributed by atoms with Crippen LogP contribution in [-0.4, -0.2) is 133 Å². The van der Waals surface area contributed by atoms with Crippen LogP contribution in [0.15, 0.2) is 0 Å². The lowest BCUT2D eigenvalue weighted by Gasteiger charge is -2.30. The first-order valence-electron chi connectivity index (χ1n) is 26.7. The first kappa shape index (κ1) is 75.9. The van der Waals surface area contributed by atoms with Gasteiger partial charge >= 0.3 is 5.97 Å². The molecule has 0 spiro atoms. The lowest BCUT2D eigenvalue weighted by Crippen LogP contribution is -2.40. The molecule has 14 heteroatoms. The molecular weight excluding hydrogens is 881 g/mol. The van der Waals surface area contributed by atoms with E-state index in [0.717, 1.165) is 25.5 Å². The highest BCUT2D eigenvalue weighted by Gasteiger charge is 2.29. The van der Waals surface area contributed by atoms with Gasteiger partial charge in [-0.2, -0.15) is 0 Å². The quantitative estimate of drug-likeness (QED) is 0.0255. The second-order valence-electron chi connectivity index (χ2n) is 20.5. The third-order valence-electron chi connectivity index (χ3n) is 11.7. The van der Waals surface area contributed by atoms with Crippen LogP contribution in [0.3, 0.4) is 0 Å². The number of aldehydes is 1. The summed E-state index contributed by atoms with van der Waals surface area (Å²) in [5.41, 5.74) is 4.47. The molecule has 0 fully saturated rings. The Morgan fingerprint density at radius 1 is 0.638 bits per heavy atom. The van der Waals surface area contributed by atoms with Crippen molar-refractivity contribution in [2.45, 2.75) is 241 Å². The number of carbonyl (C=O) groups excluding carboxylic acids is 3. The number of carbonyl (C=O) groups is 4. The molecule has 0 amide bonds. The lowest BCUT2D eigenvalue weighted by molar-refractivity contribution is -0.158. The molecule has 0 aromatic carbocycles. The maximum Gasteiger partial charge on any atom is 0.311 e. The number of carboxylic acid groups (broad SMARTS) is 1. The molecule has 0 aliphatic rings. The van der Waals surface area contributed by atoms with E-state index >= 15 is 0 Å². The summed E-state index contributed by atoms with van der Waals surface area (Å²) >= 11 is 0. The molecule has 0 bridgehead atoms. The largest absolute Gasteiger partial charge is 0.483 e. The minimum Gasteiger partial charge on any atom is -0.483 e. The summed E-state index contributed by atoms with van der Waals surface area (Å²) < 4.78 is 32.4. The zero-order chi connectivity index (χ0) is 53.6. The van der Waals surface area contributed by atoms with Gasteiger partial charge in [-0.25, -0.2) is 0 Å². The number of rotatable bonds is 44. The van der Waals surface area contributed by atoms with E-state index in [1.54, 1.807) is 14.2 Å². The van der Waals surface area contributed by atoms with Gasteiger partial charge in [0.25, 0.3) is 6.47 Å². The number of hydrogen-bond acceptors (Lipinski definition) is 13.